The SMILES string of the molecule is Cc1ccc(S(=O)(=O)N2CCC3(CC2)CC(c2noc(C(C)C)n2)N(C)C3)cc1F. The maximum absolute atomic E-state index is 13.9. The van der Waals surface area contributed by atoms with Gasteiger partial charge in [-0.1, -0.05) is 25.1 Å². The molecule has 0 amide bonds. The Balaban J connectivity index is 1.46. The molecular formula is C21H29FN4O3S. The Bertz CT molecular complexity index is 1030. The highest BCUT2D eigenvalue weighted by molar-refractivity contribution is 7.89. The minimum absolute atomic E-state index is 0.0241. The molecule has 0 radical (unpaired) electrons. The summed E-state index contributed by atoms with van der Waals surface area (Å²) in [5.74, 6) is 1.05. The number of benzene rings is 1. The highest BCUT2D eigenvalue weighted by atomic mass is 32.2. The van der Waals surface area contributed by atoms with Gasteiger partial charge in [-0.05, 0) is 56.3 Å². The molecule has 2 fully saturated rings. The van der Waals surface area contributed by atoms with Gasteiger partial charge in [-0.15, -0.1) is 0 Å². The van der Waals surface area contributed by atoms with Crippen LogP contribution in [0.25, 0.3) is 0 Å². The van der Waals surface area contributed by atoms with Crippen molar-refractivity contribution in [3.8, 4) is 0 Å². The van der Waals surface area contributed by atoms with E-state index in [-0.39, 0.29) is 22.3 Å². The number of hydrogen-bond donors (Lipinski definition) is 0. The van der Waals surface area contributed by atoms with Crippen molar-refractivity contribution in [2.24, 2.45) is 5.41 Å². The zero-order valence-corrected chi connectivity index (χ0v) is 18.7. The Morgan fingerprint density at radius 2 is 1.97 bits per heavy atom. The smallest absolute Gasteiger partial charge is 0.243 e. The van der Waals surface area contributed by atoms with Crippen molar-refractivity contribution in [3.05, 3.63) is 41.3 Å². The van der Waals surface area contributed by atoms with E-state index in [1.807, 2.05) is 13.8 Å². The van der Waals surface area contributed by atoms with Crippen LogP contribution in [-0.2, 0) is 10.0 Å². The molecule has 0 N–H and O–H groups in total. The van der Waals surface area contributed by atoms with Crippen LogP contribution in [-0.4, -0.2) is 54.4 Å². The molecule has 0 saturated carbocycles. The van der Waals surface area contributed by atoms with Gasteiger partial charge in [-0.3, -0.25) is 4.90 Å². The van der Waals surface area contributed by atoms with E-state index in [1.54, 1.807) is 6.92 Å². The van der Waals surface area contributed by atoms with Gasteiger partial charge in [0, 0.05) is 25.6 Å². The van der Waals surface area contributed by atoms with Crippen LogP contribution in [0.1, 0.15) is 62.3 Å². The Morgan fingerprint density at radius 1 is 1.27 bits per heavy atom. The first-order chi connectivity index (χ1) is 14.1. The second kappa shape index (κ2) is 7.69. The van der Waals surface area contributed by atoms with Gasteiger partial charge in [-0.25, -0.2) is 12.8 Å². The number of hydrogen-bond acceptors (Lipinski definition) is 6. The van der Waals surface area contributed by atoms with E-state index in [9.17, 15) is 12.8 Å². The van der Waals surface area contributed by atoms with Crippen LogP contribution in [0.5, 0.6) is 0 Å². The van der Waals surface area contributed by atoms with Gasteiger partial charge in [0.05, 0.1) is 10.9 Å². The number of sulfonamides is 1. The van der Waals surface area contributed by atoms with Gasteiger partial charge in [0.25, 0.3) is 0 Å². The third-order valence-electron chi connectivity index (χ3n) is 6.56. The molecule has 9 heteroatoms. The van der Waals surface area contributed by atoms with E-state index in [4.69, 9.17) is 4.52 Å². The summed E-state index contributed by atoms with van der Waals surface area (Å²) in [4.78, 5) is 6.84. The van der Waals surface area contributed by atoms with Crippen molar-refractivity contribution in [1.82, 2.24) is 19.3 Å². The summed E-state index contributed by atoms with van der Waals surface area (Å²) in [6.07, 6.45) is 2.40. The van der Waals surface area contributed by atoms with Gasteiger partial charge in [0.1, 0.15) is 5.82 Å². The maximum Gasteiger partial charge on any atom is 0.243 e. The Kier molecular flexibility index (Phi) is 5.48. The Hall–Kier alpha value is -1.84. The van der Waals surface area contributed by atoms with Crippen LogP contribution < -0.4 is 0 Å². The number of rotatable bonds is 4. The van der Waals surface area contributed by atoms with Gasteiger partial charge in [-0.2, -0.15) is 9.29 Å². The summed E-state index contributed by atoms with van der Waals surface area (Å²) >= 11 is 0. The third kappa shape index (κ3) is 3.78. The molecule has 4 rings (SSSR count). The summed E-state index contributed by atoms with van der Waals surface area (Å²) in [7, 11) is -1.63. The fourth-order valence-electron chi connectivity index (χ4n) is 4.62. The predicted molar refractivity (Wildman–Crippen MR) is 110 cm³/mol. The van der Waals surface area contributed by atoms with Crippen LogP contribution in [0.15, 0.2) is 27.6 Å². The summed E-state index contributed by atoms with van der Waals surface area (Å²) in [5.41, 5.74) is 0.469. The zero-order valence-electron chi connectivity index (χ0n) is 17.9. The maximum atomic E-state index is 13.9. The summed E-state index contributed by atoms with van der Waals surface area (Å²) in [6, 6.07) is 4.20. The molecule has 7 nitrogen and oxygen atoms in total. The van der Waals surface area contributed by atoms with E-state index in [2.05, 4.69) is 22.1 Å². The molecule has 2 saturated heterocycles. The van der Waals surface area contributed by atoms with E-state index < -0.39 is 15.8 Å². The van der Waals surface area contributed by atoms with Crippen LogP contribution in [0.4, 0.5) is 4.39 Å². The number of aromatic nitrogens is 2. The lowest BCUT2D eigenvalue weighted by Crippen LogP contribution is -2.44. The molecule has 1 unspecified atom stereocenters. The standard InChI is InChI=1S/C21H29FN4O3S/c1-14(2)20-23-19(24-29-20)18-12-21(13-25(18)4)7-9-26(10-8-21)30(27,28)16-6-5-15(3)17(22)11-16/h5-6,11,14,18H,7-10,12-13H2,1-4H3. The monoisotopic (exact) mass is 436 g/mol. The molecular weight excluding hydrogens is 407 g/mol. The van der Waals surface area contributed by atoms with Gasteiger partial charge < -0.3 is 4.52 Å². The Morgan fingerprint density at radius 3 is 2.57 bits per heavy atom. The molecule has 1 aromatic carbocycles. The molecule has 2 aliphatic rings. The second-order valence-corrected chi connectivity index (χ2v) is 11.0. The highest BCUT2D eigenvalue weighted by Crippen LogP contribution is 2.48. The topological polar surface area (TPSA) is 79.5 Å². The molecule has 1 spiro atoms. The van der Waals surface area contributed by atoms with Crippen molar-refractivity contribution in [3.63, 3.8) is 0 Å². The fourth-order valence-corrected chi connectivity index (χ4v) is 6.08. The predicted octanol–water partition coefficient (Wildman–Crippen LogP) is 3.49. The van der Waals surface area contributed by atoms with Crippen molar-refractivity contribution in [2.45, 2.75) is 56.9 Å². The minimum atomic E-state index is -3.69. The number of aryl methyl sites for hydroxylation is 1. The lowest BCUT2D eigenvalue weighted by molar-refractivity contribution is 0.161. The molecule has 0 bridgehead atoms. The average molecular weight is 437 g/mol. The first kappa shape index (κ1) is 21.4. The summed E-state index contributed by atoms with van der Waals surface area (Å²) < 4.78 is 46.8. The molecule has 2 aromatic rings. The lowest BCUT2D eigenvalue weighted by atomic mass is 9.77. The molecule has 2 aliphatic heterocycles. The number of halogens is 1. The quantitative estimate of drug-likeness (QED) is 0.730. The van der Waals surface area contributed by atoms with Gasteiger partial charge in [0.2, 0.25) is 15.9 Å². The first-order valence-corrected chi connectivity index (χ1v) is 11.9. The van der Waals surface area contributed by atoms with Gasteiger partial charge >= 0.3 is 0 Å². The van der Waals surface area contributed by atoms with Crippen molar-refractivity contribution < 1.29 is 17.3 Å². The van der Waals surface area contributed by atoms with Crippen LogP contribution in [0, 0.1) is 18.2 Å². The largest absolute Gasteiger partial charge is 0.339 e. The first-order valence-electron chi connectivity index (χ1n) is 10.4. The molecule has 1 atom stereocenters. The number of nitrogens with zero attached hydrogens (tertiary/aromatic N) is 4. The van der Waals surface area contributed by atoms with Crippen LogP contribution >= 0.6 is 0 Å². The van der Waals surface area contributed by atoms with Crippen molar-refractivity contribution >= 4 is 10.0 Å². The second-order valence-electron chi connectivity index (χ2n) is 9.10. The van der Waals surface area contributed by atoms with Crippen molar-refractivity contribution in [2.75, 3.05) is 26.7 Å². The molecule has 3 heterocycles. The zero-order chi connectivity index (χ0) is 21.7. The highest BCUT2D eigenvalue weighted by Gasteiger charge is 2.47. The van der Waals surface area contributed by atoms with E-state index >= 15 is 0 Å². The van der Waals surface area contributed by atoms with Crippen LogP contribution in [0.3, 0.4) is 0 Å². The van der Waals surface area contributed by atoms with E-state index in [0.717, 1.165) is 31.9 Å². The lowest BCUT2D eigenvalue weighted by Gasteiger charge is -2.38. The molecule has 0 aliphatic carbocycles. The average Bonchev–Trinajstić information content (AvgIpc) is 3.29. The molecule has 1 aromatic heterocycles. The van der Waals surface area contributed by atoms with E-state index in [1.165, 1.54) is 16.4 Å². The van der Waals surface area contributed by atoms with Gasteiger partial charge in [0.15, 0.2) is 5.82 Å². The summed E-state index contributed by atoms with van der Waals surface area (Å²) in [6.45, 7) is 7.40. The van der Waals surface area contributed by atoms with Crippen LogP contribution in [0.2, 0.25) is 0 Å². The summed E-state index contributed by atoms with van der Waals surface area (Å²) in [5, 5.41) is 4.19. The molecule has 30 heavy (non-hydrogen) atoms. The number of likely N-dealkylation sites (tertiary alicyclic amines) is 1. The number of piperidine rings is 1. The van der Waals surface area contributed by atoms with E-state index in [0.29, 0.717) is 30.4 Å². The third-order valence-corrected chi connectivity index (χ3v) is 8.45. The normalized spacial score (nSPS) is 22.9. The Labute approximate surface area is 177 Å². The fraction of sp³-hybridized carbons (Fsp3) is 0.619. The van der Waals surface area contributed by atoms with Crippen molar-refractivity contribution in [1.29, 1.82) is 0 Å². The minimum Gasteiger partial charge on any atom is -0.339 e. The molecule has 164 valence electrons.